The maximum atomic E-state index is 12.4. The van der Waals surface area contributed by atoms with Crippen molar-refractivity contribution in [3.8, 4) is 0 Å². The third-order valence-electron chi connectivity index (χ3n) is 3.16. The van der Waals surface area contributed by atoms with Crippen molar-refractivity contribution in [2.24, 2.45) is 0 Å². The van der Waals surface area contributed by atoms with E-state index in [1.807, 2.05) is 49.4 Å². The smallest absolute Gasteiger partial charge is 0.252 e. The maximum absolute atomic E-state index is 12.4. The van der Waals surface area contributed by atoms with E-state index in [1.165, 1.54) is 5.56 Å². The molecule has 116 valence electrons. The number of benzene rings is 2. The molecule has 0 aliphatic carbocycles. The van der Waals surface area contributed by atoms with E-state index in [4.69, 9.17) is 4.74 Å². The molecule has 0 heterocycles. The zero-order valence-electron chi connectivity index (χ0n) is 12.9. The average Bonchev–Trinajstić information content (AvgIpc) is 2.54. The fourth-order valence-electron chi connectivity index (χ4n) is 2.11. The van der Waals surface area contributed by atoms with Crippen molar-refractivity contribution in [1.29, 1.82) is 0 Å². The molecule has 0 saturated carbocycles. The van der Waals surface area contributed by atoms with Crippen LogP contribution in [0.1, 0.15) is 22.8 Å². The van der Waals surface area contributed by atoms with Gasteiger partial charge in [0.15, 0.2) is 0 Å². The van der Waals surface area contributed by atoms with E-state index in [9.17, 15) is 4.79 Å². The first kappa shape index (κ1) is 16.6. The normalized spacial score (nSPS) is 11.9. The van der Waals surface area contributed by atoms with Crippen LogP contribution >= 0.6 is 11.8 Å². The van der Waals surface area contributed by atoms with E-state index in [1.54, 1.807) is 18.9 Å². The van der Waals surface area contributed by atoms with Gasteiger partial charge in [-0.05, 0) is 24.6 Å². The van der Waals surface area contributed by atoms with E-state index in [0.29, 0.717) is 12.2 Å². The van der Waals surface area contributed by atoms with Crippen LogP contribution in [0.15, 0.2) is 59.5 Å². The lowest BCUT2D eigenvalue weighted by Crippen LogP contribution is -2.35. The fraction of sp³-hybridized carbons (Fsp3) is 0.278. The lowest BCUT2D eigenvalue weighted by Gasteiger charge is -2.14. The van der Waals surface area contributed by atoms with Gasteiger partial charge in [-0.1, -0.05) is 42.5 Å². The number of carbonyl (C=O) groups excluding carboxylic acids is 1. The SMILES string of the molecule is COC[C@@H](C)NC(=O)c1ccccc1SCc1ccccc1. The molecule has 0 aliphatic heterocycles. The molecule has 2 aromatic carbocycles. The Morgan fingerprint density at radius 1 is 1.14 bits per heavy atom. The molecule has 0 fully saturated rings. The Morgan fingerprint density at radius 2 is 1.82 bits per heavy atom. The van der Waals surface area contributed by atoms with Crippen LogP contribution in [-0.2, 0) is 10.5 Å². The van der Waals surface area contributed by atoms with Gasteiger partial charge in [-0.3, -0.25) is 4.79 Å². The van der Waals surface area contributed by atoms with Crippen molar-refractivity contribution in [3.63, 3.8) is 0 Å². The van der Waals surface area contributed by atoms with Gasteiger partial charge in [0, 0.05) is 23.8 Å². The van der Waals surface area contributed by atoms with Gasteiger partial charge < -0.3 is 10.1 Å². The Labute approximate surface area is 136 Å². The number of carbonyl (C=O) groups is 1. The topological polar surface area (TPSA) is 38.3 Å². The van der Waals surface area contributed by atoms with Crippen LogP contribution in [0.4, 0.5) is 0 Å². The van der Waals surface area contributed by atoms with Crippen LogP contribution in [0, 0.1) is 0 Å². The zero-order chi connectivity index (χ0) is 15.8. The summed E-state index contributed by atoms with van der Waals surface area (Å²) in [6, 6.07) is 17.9. The van der Waals surface area contributed by atoms with Crippen LogP contribution in [0.25, 0.3) is 0 Å². The second-order valence-corrected chi connectivity index (χ2v) is 6.12. The number of hydrogen-bond donors (Lipinski definition) is 1. The number of amides is 1. The maximum Gasteiger partial charge on any atom is 0.252 e. The third kappa shape index (κ3) is 4.90. The van der Waals surface area contributed by atoms with Gasteiger partial charge in [0.05, 0.1) is 12.2 Å². The van der Waals surface area contributed by atoms with Crippen molar-refractivity contribution >= 4 is 17.7 Å². The summed E-state index contributed by atoms with van der Waals surface area (Å²) in [5, 5.41) is 2.96. The summed E-state index contributed by atoms with van der Waals surface area (Å²) in [6.07, 6.45) is 0. The van der Waals surface area contributed by atoms with E-state index in [0.717, 1.165) is 10.6 Å². The minimum atomic E-state index is -0.0549. The number of ether oxygens (including phenoxy) is 1. The summed E-state index contributed by atoms with van der Waals surface area (Å²) in [4.78, 5) is 13.4. The molecule has 0 spiro atoms. The Kier molecular flexibility index (Phi) is 6.49. The number of hydrogen-bond acceptors (Lipinski definition) is 3. The molecule has 2 rings (SSSR count). The van der Waals surface area contributed by atoms with Gasteiger partial charge in [-0.15, -0.1) is 11.8 Å². The molecule has 1 atom stereocenters. The van der Waals surface area contributed by atoms with E-state index < -0.39 is 0 Å². The lowest BCUT2D eigenvalue weighted by atomic mass is 10.2. The van der Waals surface area contributed by atoms with Gasteiger partial charge in [0.2, 0.25) is 0 Å². The van der Waals surface area contributed by atoms with Crippen molar-refractivity contribution in [3.05, 3.63) is 65.7 Å². The summed E-state index contributed by atoms with van der Waals surface area (Å²) in [6.45, 7) is 2.44. The molecule has 0 unspecified atom stereocenters. The largest absolute Gasteiger partial charge is 0.383 e. The summed E-state index contributed by atoms with van der Waals surface area (Å²) >= 11 is 1.68. The van der Waals surface area contributed by atoms with Gasteiger partial charge in [-0.25, -0.2) is 0 Å². The number of nitrogens with one attached hydrogen (secondary N) is 1. The third-order valence-corrected chi connectivity index (χ3v) is 4.31. The standard InChI is InChI=1S/C18H21NO2S/c1-14(12-21-2)19-18(20)16-10-6-7-11-17(16)22-13-15-8-4-3-5-9-15/h3-11,14H,12-13H2,1-2H3,(H,19,20)/t14-/m1/s1. The number of rotatable bonds is 7. The van der Waals surface area contributed by atoms with Gasteiger partial charge in [-0.2, -0.15) is 0 Å². The monoisotopic (exact) mass is 315 g/mol. The molecule has 1 N–H and O–H groups in total. The summed E-state index contributed by atoms with van der Waals surface area (Å²) < 4.78 is 5.06. The van der Waals surface area contributed by atoms with Crippen molar-refractivity contribution < 1.29 is 9.53 Å². The zero-order valence-corrected chi connectivity index (χ0v) is 13.7. The molecule has 0 aromatic heterocycles. The molecule has 3 nitrogen and oxygen atoms in total. The highest BCUT2D eigenvalue weighted by atomic mass is 32.2. The molecule has 2 aromatic rings. The Bertz CT molecular complexity index is 601. The van der Waals surface area contributed by atoms with E-state index >= 15 is 0 Å². The Hall–Kier alpha value is -1.78. The minimum Gasteiger partial charge on any atom is -0.383 e. The minimum absolute atomic E-state index is 0.00956. The highest BCUT2D eigenvalue weighted by Crippen LogP contribution is 2.26. The molecule has 4 heteroatoms. The summed E-state index contributed by atoms with van der Waals surface area (Å²) in [7, 11) is 1.63. The van der Waals surface area contributed by atoms with Crippen molar-refractivity contribution in [2.75, 3.05) is 13.7 Å². The highest BCUT2D eigenvalue weighted by molar-refractivity contribution is 7.98. The predicted octanol–water partition coefficient (Wildman–Crippen LogP) is 3.74. The lowest BCUT2D eigenvalue weighted by molar-refractivity contribution is 0.0902. The Morgan fingerprint density at radius 3 is 2.55 bits per heavy atom. The van der Waals surface area contributed by atoms with Gasteiger partial charge in [0.25, 0.3) is 5.91 Å². The van der Waals surface area contributed by atoms with Crippen LogP contribution in [-0.4, -0.2) is 25.7 Å². The molecule has 0 radical (unpaired) electrons. The van der Waals surface area contributed by atoms with Crippen LogP contribution in [0.3, 0.4) is 0 Å². The van der Waals surface area contributed by atoms with Crippen molar-refractivity contribution in [2.45, 2.75) is 23.6 Å². The molecule has 1 amide bonds. The van der Waals surface area contributed by atoms with Crippen LogP contribution < -0.4 is 5.32 Å². The first-order chi connectivity index (χ1) is 10.7. The molecular weight excluding hydrogens is 294 g/mol. The number of methoxy groups -OCH3 is 1. The second-order valence-electron chi connectivity index (χ2n) is 5.10. The number of thioether (sulfide) groups is 1. The summed E-state index contributed by atoms with van der Waals surface area (Å²) in [5.41, 5.74) is 1.96. The van der Waals surface area contributed by atoms with Crippen LogP contribution in [0.5, 0.6) is 0 Å². The first-order valence-electron chi connectivity index (χ1n) is 7.26. The molecule has 0 saturated heterocycles. The predicted molar refractivity (Wildman–Crippen MR) is 91.2 cm³/mol. The van der Waals surface area contributed by atoms with Crippen LogP contribution in [0.2, 0.25) is 0 Å². The van der Waals surface area contributed by atoms with E-state index in [-0.39, 0.29) is 11.9 Å². The van der Waals surface area contributed by atoms with Crippen molar-refractivity contribution in [1.82, 2.24) is 5.32 Å². The second kappa shape index (κ2) is 8.61. The molecule has 0 aliphatic rings. The quantitative estimate of drug-likeness (QED) is 0.791. The first-order valence-corrected chi connectivity index (χ1v) is 8.25. The highest BCUT2D eigenvalue weighted by Gasteiger charge is 2.13. The molecule has 22 heavy (non-hydrogen) atoms. The fourth-order valence-corrected chi connectivity index (χ4v) is 3.11. The van der Waals surface area contributed by atoms with Gasteiger partial charge in [0.1, 0.15) is 0 Å². The molecule has 0 bridgehead atoms. The van der Waals surface area contributed by atoms with E-state index in [2.05, 4.69) is 17.4 Å². The molecular formula is C18H21NO2S. The summed E-state index contributed by atoms with van der Waals surface area (Å²) in [5.74, 6) is 0.791. The average molecular weight is 315 g/mol. The van der Waals surface area contributed by atoms with Gasteiger partial charge >= 0.3 is 0 Å². The Balaban J connectivity index is 2.04.